The molecule has 0 aliphatic carbocycles. The molecule has 1 heterocycles. The Kier molecular flexibility index (Phi) is 4.93. The number of benzene rings is 1. The van der Waals surface area contributed by atoms with Gasteiger partial charge < -0.3 is 4.74 Å². The van der Waals surface area contributed by atoms with E-state index in [1.807, 2.05) is 0 Å². The zero-order valence-electron chi connectivity index (χ0n) is 10.7. The SMILES string of the molecule is CCOC(=O)c1ccc2nc(NC(=O)C(Cl)(Cl)Cl)sc2c1. The zero-order valence-corrected chi connectivity index (χ0v) is 13.7. The van der Waals surface area contributed by atoms with Crippen molar-refractivity contribution in [2.24, 2.45) is 0 Å². The number of rotatable bonds is 3. The van der Waals surface area contributed by atoms with Crippen LogP contribution in [0.3, 0.4) is 0 Å². The molecule has 0 unspecified atom stereocenters. The molecule has 0 saturated heterocycles. The molecule has 1 N–H and O–H groups in total. The number of nitrogens with one attached hydrogen (secondary N) is 1. The predicted molar refractivity (Wildman–Crippen MR) is 84.5 cm³/mol. The second-order valence-electron chi connectivity index (χ2n) is 3.87. The van der Waals surface area contributed by atoms with Gasteiger partial charge in [0.05, 0.1) is 22.4 Å². The fourth-order valence-corrected chi connectivity index (χ4v) is 2.53. The lowest BCUT2D eigenvalue weighted by Crippen LogP contribution is -2.26. The lowest BCUT2D eigenvalue weighted by atomic mass is 10.2. The third kappa shape index (κ3) is 3.97. The maximum atomic E-state index is 11.6. The molecule has 0 spiro atoms. The van der Waals surface area contributed by atoms with E-state index < -0.39 is 15.7 Å². The average Bonchev–Trinajstić information content (AvgIpc) is 2.78. The molecule has 5 nitrogen and oxygen atoms in total. The van der Waals surface area contributed by atoms with Crippen LogP contribution in [-0.4, -0.2) is 27.3 Å². The van der Waals surface area contributed by atoms with E-state index in [0.717, 1.165) is 11.3 Å². The van der Waals surface area contributed by atoms with E-state index in [2.05, 4.69) is 10.3 Å². The topological polar surface area (TPSA) is 68.3 Å². The minimum atomic E-state index is -2.06. The van der Waals surface area contributed by atoms with Crippen molar-refractivity contribution in [1.29, 1.82) is 0 Å². The van der Waals surface area contributed by atoms with Crippen LogP contribution in [0.25, 0.3) is 10.2 Å². The van der Waals surface area contributed by atoms with E-state index in [4.69, 9.17) is 39.5 Å². The van der Waals surface area contributed by atoms with Gasteiger partial charge in [-0.2, -0.15) is 0 Å². The number of halogens is 3. The molecule has 0 fully saturated rings. The highest BCUT2D eigenvalue weighted by Gasteiger charge is 2.31. The van der Waals surface area contributed by atoms with Gasteiger partial charge in [0, 0.05) is 0 Å². The number of hydrogen-bond acceptors (Lipinski definition) is 5. The van der Waals surface area contributed by atoms with Crippen molar-refractivity contribution in [3.05, 3.63) is 23.8 Å². The van der Waals surface area contributed by atoms with Crippen molar-refractivity contribution >= 4 is 73.4 Å². The molecular weight excluding hydrogens is 359 g/mol. The quantitative estimate of drug-likeness (QED) is 0.662. The van der Waals surface area contributed by atoms with Crippen LogP contribution in [0.4, 0.5) is 5.13 Å². The molecule has 112 valence electrons. The number of ether oxygens (including phenoxy) is 1. The molecule has 0 saturated carbocycles. The largest absolute Gasteiger partial charge is 0.462 e. The summed E-state index contributed by atoms with van der Waals surface area (Å²) in [5.41, 5.74) is 1.03. The molecule has 9 heteroatoms. The van der Waals surface area contributed by atoms with Crippen molar-refractivity contribution in [2.75, 3.05) is 11.9 Å². The fraction of sp³-hybridized carbons (Fsp3) is 0.250. The average molecular weight is 368 g/mol. The van der Waals surface area contributed by atoms with Crippen molar-refractivity contribution in [3.8, 4) is 0 Å². The predicted octanol–water partition coefficient (Wildman–Crippen LogP) is 3.78. The number of amides is 1. The van der Waals surface area contributed by atoms with E-state index in [1.54, 1.807) is 25.1 Å². The number of nitrogens with zero attached hydrogens (tertiary/aromatic N) is 1. The number of carbonyl (C=O) groups excluding carboxylic acids is 2. The smallest absolute Gasteiger partial charge is 0.338 e. The van der Waals surface area contributed by atoms with Crippen LogP contribution >= 0.6 is 46.1 Å². The van der Waals surface area contributed by atoms with Crippen LogP contribution in [0.2, 0.25) is 0 Å². The fourth-order valence-electron chi connectivity index (χ4n) is 1.49. The minimum absolute atomic E-state index is 0.280. The van der Waals surface area contributed by atoms with Gasteiger partial charge in [0.1, 0.15) is 0 Å². The number of esters is 1. The minimum Gasteiger partial charge on any atom is -0.462 e. The Labute approximate surface area is 139 Å². The summed E-state index contributed by atoms with van der Waals surface area (Å²) >= 11 is 17.6. The Morgan fingerprint density at radius 2 is 2.10 bits per heavy atom. The van der Waals surface area contributed by atoms with Crippen LogP contribution in [0.5, 0.6) is 0 Å². The van der Waals surface area contributed by atoms with Gasteiger partial charge in [-0.25, -0.2) is 9.78 Å². The van der Waals surface area contributed by atoms with Crippen LogP contribution in [0.1, 0.15) is 17.3 Å². The molecule has 1 aromatic heterocycles. The third-order valence-electron chi connectivity index (χ3n) is 2.38. The first-order valence-corrected chi connectivity index (χ1v) is 7.72. The summed E-state index contributed by atoms with van der Waals surface area (Å²) in [4.78, 5) is 27.4. The van der Waals surface area contributed by atoms with Gasteiger partial charge in [-0.1, -0.05) is 46.1 Å². The lowest BCUT2D eigenvalue weighted by molar-refractivity contribution is -0.115. The summed E-state index contributed by atoms with van der Waals surface area (Å²) in [7, 11) is 0. The van der Waals surface area contributed by atoms with Gasteiger partial charge in [0.25, 0.3) is 9.70 Å². The van der Waals surface area contributed by atoms with Gasteiger partial charge in [-0.15, -0.1) is 0 Å². The summed E-state index contributed by atoms with van der Waals surface area (Å²) in [5.74, 6) is -1.21. The van der Waals surface area contributed by atoms with Crippen LogP contribution < -0.4 is 5.32 Å². The highest BCUT2D eigenvalue weighted by molar-refractivity contribution is 7.22. The Bertz CT molecular complexity index is 697. The third-order valence-corrected chi connectivity index (χ3v) is 3.83. The Balaban J connectivity index is 2.26. The number of hydrogen-bond donors (Lipinski definition) is 1. The molecule has 0 radical (unpaired) electrons. The number of alkyl halides is 3. The first-order valence-electron chi connectivity index (χ1n) is 5.77. The summed E-state index contributed by atoms with van der Waals surface area (Å²) in [6, 6.07) is 4.89. The molecule has 1 aromatic carbocycles. The zero-order chi connectivity index (χ0) is 15.6. The molecule has 21 heavy (non-hydrogen) atoms. The summed E-state index contributed by atoms with van der Waals surface area (Å²) in [6.07, 6.45) is 0. The maximum Gasteiger partial charge on any atom is 0.338 e. The number of aromatic nitrogens is 1. The highest BCUT2D eigenvalue weighted by atomic mass is 35.6. The van der Waals surface area contributed by atoms with Crippen LogP contribution in [0, 0.1) is 0 Å². The second kappa shape index (κ2) is 6.36. The molecule has 2 aromatic rings. The van der Waals surface area contributed by atoms with E-state index >= 15 is 0 Å². The van der Waals surface area contributed by atoms with Crippen LogP contribution in [0.15, 0.2) is 18.2 Å². The van der Waals surface area contributed by atoms with Gasteiger partial charge in [-0.3, -0.25) is 10.1 Å². The Morgan fingerprint density at radius 1 is 1.38 bits per heavy atom. The first-order chi connectivity index (χ1) is 9.81. The number of carbonyl (C=O) groups is 2. The molecule has 0 aliphatic rings. The lowest BCUT2D eigenvalue weighted by Gasteiger charge is -2.08. The van der Waals surface area contributed by atoms with E-state index in [0.29, 0.717) is 22.4 Å². The van der Waals surface area contributed by atoms with E-state index in [1.165, 1.54) is 0 Å². The van der Waals surface area contributed by atoms with E-state index in [-0.39, 0.29) is 5.13 Å². The summed E-state index contributed by atoms with van der Waals surface area (Å²) < 4.78 is 3.56. The maximum absolute atomic E-state index is 11.6. The molecular formula is C12H9Cl3N2O3S. The number of thiazole rings is 1. The summed E-state index contributed by atoms with van der Waals surface area (Å²) in [6.45, 7) is 2.03. The van der Waals surface area contributed by atoms with Crippen molar-refractivity contribution in [1.82, 2.24) is 4.98 Å². The van der Waals surface area contributed by atoms with Crippen molar-refractivity contribution < 1.29 is 14.3 Å². The van der Waals surface area contributed by atoms with Gasteiger partial charge >= 0.3 is 5.97 Å². The van der Waals surface area contributed by atoms with Gasteiger partial charge in [0.2, 0.25) is 0 Å². The Morgan fingerprint density at radius 3 is 2.71 bits per heavy atom. The van der Waals surface area contributed by atoms with Gasteiger partial charge in [-0.05, 0) is 25.1 Å². The first kappa shape index (κ1) is 16.3. The standard InChI is InChI=1S/C12H9Cl3N2O3S/c1-2-20-9(18)6-3-4-7-8(5-6)21-11(16-7)17-10(19)12(13,14)15/h3-5H,2H2,1H3,(H,16,17,19). The number of fused-ring (bicyclic) bond motifs is 1. The van der Waals surface area contributed by atoms with Crippen LogP contribution in [-0.2, 0) is 9.53 Å². The highest BCUT2D eigenvalue weighted by Crippen LogP contribution is 2.31. The second-order valence-corrected chi connectivity index (χ2v) is 7.19. The van der Waals surface area contributed by atoms with Crippen molar-refractivity contribution in [2.45, 2.75) is 10.7 Å². The Hall–Kier alpha value is -1.08. The molecule has 0 bridgehead atoms. The van der Waals surface area contributed by atoms with E-state index in [9.17, 15) is 9.59 Å². The monoisotopic (exact) mass is 366 g/mol. The molecule has 2 rings (SSSR count). The molecule has 0 atom stereocenters. The molecule has 0 aliphatic heterocycles. The molecule has 1 amide bonds. The normalized spacial score (nSPS) is 11.4. The summed E-state index contributed by atoms with van der Waals surface area (Å²) in [5, 5.41) is 2.68. The number of anilines is 1. The van der Waals surface area contributed by atoms with Crippen molar-refractivity contribution in [3.63, 3.8) is 0 Å². The van der Waals surface area contributed by atoms with Gasteiger partial charge in [0.15, 0.2) is 5.13 Å².